The fourth-order valence-corrected chi connectivity index (χ4v) is 3.44. The first-order chi connectivity index (χ1) is 9.79. The van der Waals surface area contributed by atoms with Crippen LogP contribution in [0.2, 0.25) is 0 Å². The minimum absolute atomic E-state index is 0.0576. The SMILES string of the molecule is NCC1CCCOC1c1cc(Br)c2c(c1)OCCCO2. The van der Waals surface area contributed by atoms with E-state index in [0.29, 0.717) is 25.7 Å². The number of benzene rings is 1. The van der Waals surface area contributed by atoms with E-state index in [1.165, 1.54) is 0 Å². The summed E-state index contributed by atoms with van der Waals surface area (Å²) in [6, 6.07) is 4.12. The fourth-order valence-electron chi connectivity index (χ4n) is 2.87. The predicted octanol–water partition coefficient (Wildman–Crippen LogP) is 3.04. The zero-order valence-electron chi connectivity index (χ0n) is 11.4. The van der Waals surface area contributed by atoms with Crippen LogP contribution in [-0.4, -0.2) is 26.4 Å². The second-order valence-corrected chi connectivity index (χ2v) is 6.16. The van der Waals surface area contributed by atoms with Gasteiger partial charge in [-0.25, -0.2) is 0 Å². The van der Waals surface area contributed by atoms with Gasteiger partial charge in [0.15, 0.2) is 11.5 Å². The first-order valence-corrected chi connectivity index (χ1v) is 7.99. The van der Waals surface area contributed by atoms with Crippen LogP contribution in [0, 0.1) is 5.92 Å². The average molecular weight is 342 g/mol. The Labute approximate surface area is 127 Å². The Hall–Kier alpha value is -0.780. The van der Waals surface area contributed by atoms with E-state index in [2.05, 4.69) is 22.0 Å². The van der Waals surface area contributed by atoms with Crippen molar-refractivity contribution in [2.45, 2.75) is 25.4 Å². The average Bonchev–Trinajstić information content (AvgIpc) is 2.73. The molecule has 2 heterocycles. The molecule has 0 bridgehead atoms. The highest BCUT2D eigenvalue weighted by Gasteiger charge is 2.28. The standard InChI is InChI=1S/C15H20BrNO3/c16-12-7-11(14-10(9-17)3-1-4-19-14)8-13-15(12)20-6-2-5-18-13/h7-8,10,14H,1-6,9,17H2. The van der Waals surface area contributed by atoms with E-state index in [0.717, 1.165) is 47.4 Å². The molecule has 1 saturated heterocycles. The molecule has 3 rings (SSSR count). The predicted molar refractivity (Wildman–Crippen MR) is 80.2 cm³/mol. The van der Waals surface area contributed by atoms with Crippen LogP contribution in [0.25, 0.3) is 0 Å². The van der Waals surface area contributed by atoms with E-state index in [9.17, 15) is 0 Å². The molecule has 2 aliphatic rings. The molecule has 0 amide bonds. The Morgan fingerprint density at radius 2 is 2.00 bits per heavy atom. The fraction of sp³-hybridized carbons (Fsp3) is 0.600. The van der Waals surface area contributed by atoms with Crippen molar-refractivity contribution in [3.8, 4) is 11.5 Å². The van der Waals surface area contributed by atoms with Gasteiger partial charge in [0.05, 0.1) is 23.8 Å². The molecule has 1 aromatic carbocycles. The van der Waals surface area contributed by atoms with Crippen LogP contribution in [0.1, 0.15) is 30.9 Å². The lowest BCUT2D eigenvalue weighted by molar-refractivity contribution is -0.0253. The zero-order valence-corrected chi connectivity index (χ0v) is 13.0. The Morgan fingerprint density at radius 1 is 1.15 bits per heavy atom. The molecule has 2 unspecified atom stereocenters. The summed E-state index contributed by atoms with van der Waals surface area (Å²) in [4.78, 5) is 0. The molecule has 0 saturated carbocycles. The molecule has 20 heavy (non-hydrogen) atoms. The third-order valence-electron chi connectivity index (χ3n) is 3.90. The molecule has 5 heteroatoms. The number of rotatable bonds is 2. The van der Waals surface area contributed by atoms with E-state index >= 15 is 0 Å². The quantitative estimate of drug-likeness (QED) is 0.898. The van der Waals surface area contributed by atoms with E-state index in [1.807, 2.05) is 6.07 Å². The Kier molecular flexibility index (Phi) is 4.48. The lowest BCUT2D eigenvalue weighted by Crippen LogP contribution is -2.28. The van der Waals surface area contributed by atoms with Gasteiger partial charge < -0.3 is 19.9 Å². The number of hydrogen-bond donors (Lipinski definition) is 1. The van der Waals surface area contributed by atoms with Gasteiger partial charge in [0, 0.05) is 18.9 Å². The third kappa shape index (κ3) is 2.80. The maximum Gasteiger partial charge on any atom is 0.175 e. The Balaban J connectivity index is 1.93. The highest BCUT2D eigenvalue weighted by molar-refractivity contribution is 9.10. The number of fused-ring (bicyclic) bond motifs is 1. The van der Waals surface area contributed by atoms with Crippen LogP contribution in [0.15, 0.2) is 16.6 Å². The van der Waals surface area contributed by atoms with Crippen molar-refractivity contribution in [2.75, 3.05) is 26.4 Å². The van der Waals surface area contributed by atoms with Crippen molar-refractivity contribution >= 4 is 15.9 Å². The van der Waals surface area contributed by atoms with Crippen molar-refractivity contribution < 1.29 is 14.2 Å². The van der Waals surface area contributed by atoms with Gasteiger partial charge in [0.2, 0.25) is 0 Å². The van der Waals surface area contributed by atoms with Crippen molar-refractivity contribution in [1.29, 1.82) is 0 Å². The molecular formula is C15H20BrNO3. The lowest BCUT2D eigenvalue weighted by Gasteiger charge is -2.31. The number of hydrogen-bond acceptors (Lipinski definition) is 4. The third-order valence-corrected chi connectivity index (χ3v) is 4.49. The van der Waals surface area contributed by atoms with E-state index in [-0.39, 0.29) is 6.10 Å². The van der Waals surface area contributed by atoms with Crippen LogP contribution in [0.4, 0.5) is 0 Å². The van der Waals surface area contributed by atoms with E-state index < -0.39 is 0 Å². The summed E-state index contributed by atoms with van der Waals surface area (Å²) < 4.78 is 18.4. The highest BCUT2D eigenvalue weighted by atomic mass is 79.9. The van der Waals surface area contributed by atoms with E-state index in [4.69, 9.17) is 19.9 Å². The summed E-state index contributed by atoms with van der Waals surface area (Å²) in [5.41, 5.74) is 7.01. The molecule has 0 aromatic heterocycles. The summed E-state index contributed by atoms with van der Waals surface area (Å²) in [5, 5.41) is 0. The topological polar surface area (TPSA) is 53.7 Å². The van der Waals surface area contributed by atoms with Gasteiger partial charge in [0.25, 0.3) is 0 Å². The van der Waals surface area contributed by atoms with Crippen LogP contribution < -0.4 is 15.2 Å². The molecule has 0 radical (unpaired) electrons. The van der Waals surface area contributed by atoms with Crippen molar-refractivity contribution in [1.82, 2.24) is 0 Å². The van der Waals surface area contributed by atoms with Crippen LogP contribution >= 0.6 is 15.9 Å². The molecular weight excluding hydrogens is 322 g/mol. The van der Waals surface area contributed by atoms with E-state index in [1.54, 1.807) is 0 Å². The smallest absolute Gasteiger partial charge is 0.175 e. The summed E-state index contributed by atoms with van der Waals surface area (Å²) in [6.45, 7) is 2.83. The highest BCUT2D eigenvalue weighted by Crippen LogP contribution is 2.42. The molecule has 2 aliphatic heterocycles. The molecule has 4 nitrogen and oxygen atoms in total. The van der Waals surface area contributed by atoms with Gasteiger partial charge in [-0.3, -0.25) is 0 Å². The number of nitrogens with two attached hydrogens (primary N) is 1. The zero-order chi connectivity index (χ0) is 13.9. The second kappa shape index (κ2) is 6.33. The minimum Gasteiger partial charge on any atom is -0.490 e. The molecule has 0 aliphatic carbocycles. The molecule has 1 fully saturated rings. The molecule has 2 N–H and O–H groups in total. The second-order valence-electron chi connectivity index (χ2n) is 5.31. The normalized spacial score (nSPS) is 26.1. The molecule has 2 atom stereocenters. The van der Waals surface area contributed by atoms with Crippen molar-refractivity contribution in [2.24, 2.45) is 11.7 Å². The lowest BCUT2D eigenvalue weighted by atomic mass is 9.89. The van der Waals surface area contributed by atoms with Gasteiger partial charge in [0.1, 0.15) is 0 Å². The van der Waals surface area contributed by atoms with Gasteiger partial charge >= 0.3 is 0 Å². The van der Waals surface area contributed by atoms with Gasteiger partial charge in [-0.1, -0.05) is 0 Å². The molecule has 0 spiro atoms. The van der Waals surface area contributed by atoms with Crippen LogP contribution in [0.5, 0.6) is 11.5 Å². The summed E-state index contributed by atoms with van der Waals surface area (Å²) in [7, 11) is 0. The largest absolute Gasteiger partial charge is 0.490 e. The first-order valence-electron chi connectivity index (χ1n) is 7.20. The number of ether oxygens (including phenoxy) is 3. The van der Waals surface area contributed by atoms with Gasteiger partial charge in [-0.15, -0.1) is 0 Å². The van der Waals surface area contributed by atoms with Crippen molar-refractivity contribution in [3.05, 3.63) is 22.2 Å². The van der Waals surface area contributed by atoms with Gasteiger partial charge in [-0.2, -0.15) is 0 Å². The molecule has 1 aromatic rings. The van der Waals surface area contributed by atoms with Crippen LogP contribution in [-0.2, 0) is 4.74 Å². The summed E-state index contributed by atoms with van der Waals surface area (Å²) in [5.74, 6) is 1.98. The van der Waals surface area contributed by atoms with Crippen LogP contribution in [0.3, 0.4) is 0 Å². The maximum atomic E-state index is 5.95. The molecule has 110 valence electrons. The first kappa shape index (κ1) is 14.2. The summed E-state index contributed by atoms with van der Waals surface area (Å²) >= 11 is 3.58. The maximum absolute atomic E-state index is 5.95. The Bertz CT molecular complexity index is 480. The minimum atomic E-state index is 0.0576. The number of halogens is 1. The Morgan fingerprint density at radius 3 is 2.85 bits per heavy atom. The van der Waals surface area contributed by atoms with Gasteiger partial charge in [-0.05, 0) is 53.0 Å². The monoisotopic (exact) mass is 341 g/mol. The summed E-state index contributed by atoms with van der Waals surface area (Å²) in [6.07, 6.45) is 3.17. The van der Waals surface area contributed by atoms with Crippen molar-refractivity contribution in [3.63, 3.8) is 0 Å².